The number of thiophene rings is 1. The minimum absolute atomic E-state index is 0.0415. The van der Waals surface area contributed by atoms with E-state index in [2.05, 4.69) is 11.4 Å². The SMILES string of the molecule is COC(=O)c1ccc(C2Oc3ccc(Cl)cc3C3CC(c4cccs4)=NN32)cc1. The number of benzene rings is 2. The van der Waals surface area contributed by atoms with Crippen molar-refractivity contribution in [3.63, 3.8) is 0 Å². The summed E-state index contributed by atoms with van der Waals surface area (Å²) < 4.78 is 11.1. The van der Waals surface area contributed by atoms with Crippen LogP contribution in [-0.4, -0.2) is 23.8 Å². The highest BCUT2D eigenvalue weighted by molar-refractivity contribution is 7.12. The Labute approximate surface area is 177 Å². The monoisotopic (exact) mass is 424 g/mol. The lowest BCUT2D eigenvalue weighted by atomic mass is 9.97. The Kier molecular flexibility index (Phi) is 4.53. The molecule has 0 fully saturated rings. The van der Waals surface area contributed by atoms with Gasteiger partial charge in [-0.05, 0) is 41.8 Å². The van der Waals surface area contributed by atoms with Gasteiger partial charge in [0.15, 0.2) is 0 Å². The van der Waals surface area contributed by atoms with E-state index in [0.29, 0.717) is 10.6 Å². The van der Waals surface area contributed by atoms with Crippen molar-refractivity contribution in [2.24, 2.45) is 5.10 Å². The predicted octanol–water partition coefficient (Wildman–Crippen LogP) is 5.43. The van der Waals surface area contributed by atoms with Crippen LogP contribution < -0.4 is 4.74 Å². The van der Waals surface area contributed by atoms with Crippen LogP contribution in [0, 0.1) is 0 Å². The summed E-state index contributed by atoms with van der Waals surface area (Å²) in [5.74, 6) is 0.443. The molecule has 0 amide bonds. The van der Waals surface area contributed by atoms with Gasteiger partial charge in [0.25, 0.3) is 0 Å². The van der Waals surface area contributed by atoms with Gasteiger partial charge >= 0.3 is 5.97 Å². The van der Waals surface area contributed by atoms with Crippen LogP contribution in [0.25, 0.3) is 0 Å². The fraction of sp³-hybridized carbons (Fsp3) is 0.182. The van der Waals surface area contributed by atoms with Gasteiger partial charge in [-0.15, -0.1) is 11.3 Å². The minimum Gasteiger partial charge on any atom is -0.465 e. The number of nitrogens with zero attached hydrogens (tertiary/aromatic N) is 2. The molecule has 3 heterocycles. The Morgan fingerprint density at radius 3 is 2.79 bits per heavy atom. The van der Waals surface area contributed by atoms with Gasteiger partial charge < -0.3 is 9.47 Å². The molecular weight excluding hydrogens is 408 g/mol. The molecule has 2 atom stereocenters. The lowest BCUT2D eigenvalue weighted by Gasteiger charge is -2.38. The molecule has 7 heteroatoms. The Morgan fingerprint density at radius 1 is 1.24 bits per heavy atom. The van der Waals surface area contributed by atoms with Crippen LogP contribution in [-0.2, 0) is 4.74 Å². The van der Waals surface area contributed by atoms with Crippen LogP contribution in [0.1, 0.15) is 45.1 Å². The quantitative estimate of drug-likeness (QED) is 0.526. The molecule has 2 aromatic carbocycles. The summed E-state index contributed by atoms with van der Waals surface area (Å²) >= 11 is 7.94. The summed E-state index contributed by atoms with van der Waals surface area (Å²) in [6.07, 6.45) is 0.395. The first-order valence-electron chi connectivity index (χ1n) is 9.18. The molecule has 0 N–H and O–H groups in total. The molecule has 0 aliphatic carbocycles. The van der Waals surface area contributed by atoms with Crippen molar-refractivity contribution < 1.29 is 14.3 Å². The van der Waals surface area contributed by atoms with Gasteiger partial charge in [0.05, 0.1) is 29.3 Å². The average molecular weight is 425 g/mol. The number of carbonyl (C=O) groups excluding carboxylic acids is 1. The number of carbonyl (C=O) groups is 1. The van der Waals surface area contributed by atoms with Crippen LogP contribution in [0.15, 0.2) is 65.1 Å². The van der Waals surface area contributed by atoms with Gasteiger partial charge in [-0.2, -0.15) is 5.10 Å². The van der Waals surface area contributed by atoms with E-state index in [4.69, 9.17) is 26.2 Å². The van der Waals surface area contributed by atoms with E-state index in [1.807, 2.05) is 41.4 Å². The van der Waals surface area contributed by atoms with E-state index >= 15 is 0 Å². The van der Waals surface area contributed by atoms with Crippen LogP contribution in [0.5, 0.6) is 5.75 Å². The fourth-order valence-corrected chi connectivity index (χ4v) is 4.67. The van der Waals surface area contributed by atoms with Gasteiger partial charge in [0.2, 0.25) is 6.23 Å². The Hall–Kier alpha value is -2.83. The summed E-state index contributed by atoms with van der Waals surface area (Å²) in [4.78, 5) is 12.9. The molecular formula is C22H17ClN2O3S. The third kappa shape index (κ3) is 3.18. The zero-order valence-electron chi connectivity index (χ0n) is 15.5. The van der Waals surface area contributed by atoms with Gasteiger partial charge in [-0.3, -0.25) is 0 Å². The van der Waals surface area contributed by atoms with Crippen molar-refractivity contribution in [3.05, 3.63) is 86.6 Å². The summed E-state index contributed by atoms with van der Waals surface area (Å²) in [6.45, 7) is 0. The van der Waals surface area contributed by atoms with E-state index in [1.165, 1.54) is 7.11 Å². The Morgan fingerprint density at radius 2 is 2.07 bits per heavy atom. The molecule has 5 nitrogen and oxygen atoms in total. The normalized spacial score (nSPS) is 19.8. The molecule has 2 unspecified atom stereocenters. The molecule has 0 radical (unpaired) electrons. The topological polar surface area (TPSA) is 51.1 Å². The molecule has 2 aliphatic heterocycles. The zero-order valence-corrected chi connectivity index (χ0v) is 17.1. The molecule has 146 valence electrons. The van der Waals surface area contributed by atoms with E-state index in [0.717, 1.165) is 33.9 Å². The van der Waals surface area contributed by atoms with Gasteiger partial charge in [0, 0.05) is 22.6 Å². The summed E-state index contributed by atoms with van der Waals surface area (Å²) in [6, 6.07) is 17.1. The van der Waals surface area contributed by atoms with E-state index in [9.17, 15) is 4.79 Å². The van der Waals surface area contributed by atoms with E-state index in [1.54, 1.807) is 23.5 Å². The highest BCUT2D eigenvalue weighted by Gasteiger charge is 2.41. The maximum atomic E-state index is 11.8. The number of hydrogen-bond donors (Lipinski definition) is 0. The highest BCUT2D eigenvalue weighted by atomic mass is 35.5. The second-order valence-electron chi connectivity index (χ2n) is 6.89. The van der Waals surface area contributed by atoms with Crippen molar-refractivity contribution in [1.29, 1.82) is 0 Å². The standard InChI is InChI=1S/C22H17ClN2O3S/c1-27-22(26)14-6-4-13(5-7-14)21-25-18(12-17(24-25)20-3-2-10-29-20)16-11-15(23)8-9-19(16)28-21/h2-11,18,21H,12H2,1H3. The third-order valence-electron chi connectivity index (χ3n) is 5.17. The largest absolute Gasteiger partial charge is 0.465 e. The van der Waals surface area contributed by atoms with Crippen molar-refractivity contribution >= 4 is 34.6 Å². The molecule has 29 heavy (non-hydrogen) atoms. The van der Waals surface area contributed by atoms with Crippen LogP contribution in [0.3, 0.4) is 0 Å². The van der Waals surface area contributed by atoms with Crippen molar-refractivity contribution in [3.8, 4) is 5.75 Å². The number of halogens is 1. The lowest BCUT2D eigenvalue weighted by Crippen LogP contribution is -2.33. The average Bonchev–Trinajstić information content (AvgIpc) is 3.43. The predicted molar refractivity (Wildman–Crippen MR) is 113 cm³/mol. The number of fused-ring (bicyclic) bond motifs is 3. The fourth-order valence-electron chi connectivity index (χ4n) is 3.77. The maximum absolute atomic E-state index is 11.8. The van der Waals surface area contributed by atoms with Crippen LogP contribution in [0.2, 0.25) is 5.02 Å². The number of hydrogen-bond acceptors (Lipinski definition) is 6. The minimum atomic E-state index is -0.391. The first-order chi connectivity index (χ1) is 14.1. The van der Waals surface area contributed by atoms with Gasteiger partial charge in [-0.25, -0.2) is 9.80 Å². The van der Waals surface area contributed by atoms with Crippen molar-refractivity contribution in [2.75, 3.05) is 7.11 Å². The number of rotatable bonds is 3. The molecule has 2 aliphatic rings. The molecule has 5 rings (SSSR count). The molecule has 3 aromatic rings. The molecule has 1 aromatic heterocycles. The van der Waals surface area contributed by atoms with Crippen molar-refractivity contribution in [1.82, 2.24) is 5.01 Å². The lowest BCUT2D eigenvalue weighted by molar-refractivity contribution is -0.0190. The summed E-state index contributed by atoms with van der Waals surface area (Å²) in [5, 5.41) is 9.65. The summed E-state index contributed by atoms with van der Waals surface area (Å²) in [5.41, 5.74) is 3.49. The van der Waals surface area contributed by atoms with Crippen molar-refractivity contribution in [2.45, 2.75) is 18.7 Å². The van der Waals surface area contributed by atoms with Crippen LogP contribution >= 0.6 is 22.9 Å². The van der Waals surface area contributed by atoms with E-state index < -0.39 is 6.23 Å². The smallest absolute Gasteiger partial charge is 0.337 e. The Balaban J connectivity index is 1.56. The van der Waals surface area contributed by atoms with Crippen LogP contribution in [0.4, 0.5) is 0 Å². The number of methoxy groups -OCH3 is 1. The zero-order chi connectivity index (χ0) is 20.0. The molecule has 0 saturated heterocycles. The second kappa shape index (κ2) is 7.21. The number of esters is 1. The molecule has 0 saturated carbocycles. The number of ether oxygens (including phenoxy) is 2. The Bertz CT molecular complexity index is 1100. The van der Waals surface area contributed by atoms with E-state index in [-0.39, 0.29) is 12.0 Å². The maximum Gasteiger partial charge on any atom is 0.337 e. The number of hydrazone groups is 1. The second-order valence-corrected chi connectivity index (χ2v) is 8.27. The van der Waals surface area contributed by atoms with Gasteiger partial charge in [0.1, 0.15) is 5.75 Å². The third-order valence-corrected chi connectivity index (χ3v) is 6.33. The highest BCUT2D eigenvalue weighted by Crippen LogP contribution is 2.48. The van der Waals surface area contributed by atoms with Gasteiger partial charge in [-0.1, -0.05) is 29.8 Å². The first kappa shape index (κ1) is 18.2. The first-order valence-corrected chi connectivity index (χ1v) is 10.4. The molecule has 0 spiro atoms. The molecule has 0 bridgehead atoms. The summed E-state index contributed by atoms with van der Waals surface area (Å²) in [7, 11) is 1.37.